The van der Waals surface area contributed by atoms with Gasteiger partial charge in [-0.25, -0.2) is 4.89 Å². The summed E-state index contributed by atoms with van der Waals surface area (Å²) < 4.78 is 0. The molecule has 0 aromatic carbocycles. The van der Waals surface area contributed by atoms with Crippen LogP contribution >= 0.6 is 0 Å². The molecule has 2 nitrogen and oxygen atoms in total. The fourth-order valence-corrected chi connectivity index (χ4v) is 0.458. The summed E-state index contributed by atoms with van der Waals surface area (Å²) in [6, 6.07) is 0. The molecular formula is C6H14O2. The summed E-state index contributed by atoms with van der Waals surface area (Å²) in [5.41, 5.74) is 0. The largest absolute Gasteiger partial charge is 0.252 e. The van der Waals surface area contributed by atoms with Gasteiger partial charge in [-0.15, -0.1) is 0 Å². The van der Waals surface area contributed by atoms with Gasteiger partial charge >= 0.3 is 0 Å². The molecule has 0 rings (SSSR count). The molecule has 50 valence electrons. The van der Waals surface area contributed by atoms with E-state index in [1.54, 1.807) is 0 Å². The van der Waals surface area contributed by atoms with E-state index < -0.39 is 0 Å². The van der Waals surface area contributed by atoms with Crippen molar-refractivity contribution in [3.8, 4) is 0 Å². The van der Waals surface area contributed by atoms with E-state index in [-0.39, 0.29) is 0 Å². The summed E-state index contributed by atoms with van der Waals surface area (Å²) in [4.78, 5) is 3.91. The third kappa shape index (κ3) is 4.09. The van der Waals surface area contributed by atoms with Gasteiger partial charge in [-0.3, -0.25) is 5.26 Å². The first-order chi connectivity index (χ1) is 3.81. The van der Waals surface area contributed by atoms with Crippen LogP contribution in [0, 0.1) is 5.92 Å². The summed E-state index contributed by atoms with van der Waals surface area (Å²) in [6.07, 6.45) is 2.11. The van der Waals surface area contributed by atoms with E-state index in [0.29, 0.717) is 12.5 Å². The first-order valence-electron chi connectivity index (χ1n) is 3.07. The van der Waals surface area contributed by atoms with Crippen LogP contribution in [0.5, 0.6) is 0 Å². The van der Waals surface area contributed by atoms with Gasteiger partial charge < -0.3 is 0 Å². The molecule has 0 bridgehead atoms. The summed E-state index contributed by atoms with van der Waals surface area (Å²) >= 11 is 0. The summed E-state index contributed by atoms with van der Waals surface area (Å²) in [6.45, 7) is 4.73. The van der Waals surface area contributed by atoms with Gasteiger partial charge in [0.2, 0.25) is 0 Å². The minimum absolute atomic E-state index is 0.467. The Bertz CT molecular complexity index is 45.8. The van der Waals surface area contributed by atoms with Crippen molar-refractivity contribution in [2.75, 3.05) is 6.61 Å². The normalized spacial score (nSPS) is 13.9. The van der Waals surface area contributed by atoms with E-state index in [4.69, 9.17) is 5.26 Å². The molecular weight excluding hydrogens is 104 g/mol. The van der Waals surface area contributed by atoms with Crippen molar-refractivity contribution in [1.29, 1.82) is 0 Å². The predicted molar refractivity (Wildman–Crippen MR) is 32.7 cm³/mol. The zero-order valence-corrected chi connectivity index (χ0v) is 5.55. The highest BCUT2D eigenvalue weighted by atomic mass is 17.1. The van der Waals surface area contributed by atoms with Crippen LogP contribution in [0.1, 0.15) is 26.7 Å². The van der Waals surface area contributed by atoms with Crippen LogP contribution in [0.25, 0.3) is 0 Å². The Kier molecular flexibility index (Phi) is 5.01. The zero-order chi connectivity index (χ0) is 6.41. The number of hydrogen-bond donors (Lipinski definition) is 1. The van der Waals surface area contributed by atoms with E-state index in [1.807, 2.05) is 0 Å². The molecule has 0 aromatic heterocycles. The summed E-state index contributed by atoms with van der Waals surface area (Å²) in [5.74, 6) is 0.669. The molecule has 0 fully saturated rings. The van der Waals surface area contributed by atoms with E-state index in [1.165, 1.54) is 0 Å². The molecule has 0 saturated heterocycles. The lowest BCUT2D eigenvalue weighted by Crippen LogP contribution is -1.97. The van der Waals surface area contributed by atoms with Gasteiger partial charge in [0.1, 0.15) is 0 Å². The minimum atomic E-state index is 0.467. The Hall–Kier alpha value is -0.0800. The van der Waals surface area contributed by atoms with E-state index in [2.05, 4.69) is 18.7 Å². The van der Waals surface area contributed by atoms with Crippen LogP contribution in [-0.4, -0.2) is 11.9 Å². The highest BCUT2D eigenvalue weighted by Crippen LogP contribution is 2.04. The molecule has 1 N–H and O–H groups in total. The molecule has 0 saturated carbocycles. The van der Waals surface area contributed by atoms with Crippen LogP contribution < -0.4 is 0 Å². The molecule has 0 radical (unpaired) electrons. The van der Waals surface area contributed by atoms with Gasteiger partial charge in [-0.1, -0.05) is 20.3 Å². The Morgan fingerprint density at radius 2 is 2.25 bits per heavy atom. The molecule has 0 heterocycles. The second-order valence-corrected chi connectivity index (χ2v) is 2.14. The standard InChI is InChI=1S/C6H14O2/c1-3-6(2)4-5-8-7/h6-7H,3-5H2,1-2H3. The Morgan fingerprint density at radius 3 is 2.62 bits per heavy atom. The van der Waals surface area contributed by atoms with Crippen LogP contribution in [0.3, 0.4) is 0 Å². The molecule has 0 amide bonds. The highest BCUT2D eigenvalue weighted by molar-refractivity contribution is 4.46. The van der Waals surface area contributed by atoms with Gasteiger partial charge in [-0.05, 0) is 12.3 Å². The van der Waals surface area contributed by atoms with E-state index in [0.717, 1.165) is 12.8 Å². The second-order valence-electron chi connectivity index (χ2n) is 2.14. The average Bonchev–Trinajstić information content (AvgIpc) is 1.83. The summed E-state index contributed by atoms with van der Waals surface area (Å²) in [7, 11) is 0. The molecule has 0 aliphatic heterocycles. The van der Waals surface area contributed by atoms with Crippen molar-refractivity contribution in [1.82, 2.24) is 0 Å². The Labute approximate surface area is 50.4 Å². The molecule has 0 aliphatic rings. The zero-order valence-electron chi connectivity index (χ0n) is 5.55. The van der Waals surface area contributed by atoms with Crippen molar-refractivity contribution in [2.45, 2.75) is 26.7 Å². The maximum Gasteiger partial charge on any atom is 0.0822 e. The molecule has 0 aliphatic carbocycles. The molecule has 1 atom stereocenters. The number of hydrogen-bond acceptors (Lipinski definition) is 2. The Balaban J connectivity index is 2.86. The summed E-state index contributed by atoms with van der Waals surface area (Å²) in [5, 5.41) is 7.91. The Morgan fingerprint density at radius 1 is 1.62 bits per heavy atom. The van der Waals surface area contributed by atoms with Gasteiger partial charge in [-0.2, -0.15) is 0 Å². The molecule has 1 unspecified atom stereocenters. The number of rotatable bonds is 4. The predicted octanol–water partition coefficient (Wildman–Crippen LogP) is 1.91. The van der Waals surface area contributed by atoms with Crippen molar-refractivity contribution in [2.24, 2.45) is 5.92 Å². The van der Waals surface area contributed by atoms with Crippen molar-refractivity contribution in [3.63, 3.8) is 0 Å². The molecule has 8 heavy (non-hydrogen) atoms. The van der Waals surface area contributed by atoms with Gasteiger partial charge in [0.15, 0.2) is 0 Å². The molecule has 2 heteroatoms. The minimum Gasteiger partial charge on any atom is -0.252 e. The van der Waals surface area contributed by atoms with Crippen molar-refractivity contribution >= 4 is 0 Å². The third-order valence-corrected chi connectivity index (χ3v) is 1.40. The van der Waals surface area contributed by atoms with Crippen molar-refractivity contribution in [3.05, 3.63) is 0 Å². The lowest BCUT2D eigenvalue weighted by atomic mass is 10.1. The van der Waals surface area contributed by atoms with Crippen LogP contribution in [-0.2, 0) is 4.89 Å². The molecule has 0 spiro atoms. The van der Waals surface area contributed by atoms with E-state index in [9.17, 15) is 0 Å². The van der Waals surface area contributed by atoms with Crippen LogP contribution in [0.2, 0.25) is 0 Å². The third-order valence-electron chi connectivity index (χ3n) is 1.40. The lowest BCUT2D eigenvalue weighted by molar-refractivity contribution is -0.244. The second kappa shape index (κ2) is 5.06. The first kappa shape index (κ1) is 7.92. The topological polar surface area (TPSA) is 29.5 Å². The maximum atomic E-state index is 7.91. The highest BCUT2D eigenvalue weighted by Gasteiger charge is 1.95. The molecule has 0 aromatic rings. The van der Waals surface area contributed by atoms with E-state index >= 15 is 0 Å². The maximum absolute atomic E-state index is 7.91. The van der Waals surface area contributed by atoms with Gasteiger partial charge in [0.05, 0.1) is 6.61 Å². The van der Waals surface area contributed by atoms with Crippen LogP contribution in [0.15, 0.2) is 0 Å². The quantitative estimate of drug-likeness (QED) is 0.451. The fourth-order valence-electron chi connectivity index (χ4n) is 0.458. The van der Waals surface area contributed by atoms with Gasteiger partial charge in [0, 0.05) is 0 Å². The van der Waals surface area contributed by atoms with Crippen molar-refractivity contribution < 1.29 is 10.1 Å². The SMILES string of the molecule is CCC(C)CCOO. The smallest absolute Gasteiger partial charge is 0.0822 e. The first-order valence-corrected chi connectivity index (χ1v) is 3.07. The fraction of sp³-hybridized carbons (Fsp3) is 1.00. The average molecular weight is 118 g/mol. The van der Waals surface area contributed by atoms with Crippen LogP contribution in [0.4, 0.5) is 0 Å². The monoisotopic (exact) mass is 118 g/mol. The van der Waals surface area contributed by atoms with Gasteiger partial charge in [0.25, 0.3) is 0 Å². The lowest BCUT2D eigenvalue weighted by Gasteiger charge is -2.03.